The van der Waals surface area contributed by atoms with Gasteiger partial charge in [-0.05, 0) is 19.1 Å². The molecule has 1 fully saturated rings. The Labute approximate surface area is 147 Å². The smallest absolute Gasteiger partial charge is 0.257 e. The summed E-state index contributed by atoms with van der Waals surface area (Å²) in [5.74, 6) is 1.89. The van der Waals surface area contributed by atoms with Crippen LogP contribution in [0, 0.1) is 6.92 Å². The lowest BCUT2D eigenvalue weighted by Gasteiger charge is -2.35. The molecule has 1 amide bonds. The lowest BCUT2D eigenvalue weighted by Crippen LogP contribution is -2.49. The van der Waals surface area contributed by atoms with Crippen molar-refractivity contribution in [2.45, 2.75) is 6.92 Å². The third-order valence-corrected chi connectivity index (χ3v) is 4.31. The molecule has 0 N–H and O–H groups in total. The van der Waals surface area contributed by atoms with Gasteiger partial charge in [0, 0.05) is 37.9 Å². The highest BCUT2D eigenvalue weighted by atomic mass is 16.5. The molecule has 0 radical (unpaired) electrons. The van der Waals surface area contributed by atoms with Gasteiger partial charge < -0.3 is 19.3 Å². The third-order valence-electron chi connectivity index (χ3n) is 4.31. The monoisotopic (exact) mass is 342 g/mol. The first-order valence-electron chi connectivity index (χ1n) is 8.18. The highest BCUT2D eigenvalue weighted by molar-refractivity contribution is 5.98. The van der Waals surface area contributed by atoms with Gasteiger partial charge in [0.05, 0.1) is 19.8 Å². The van der Waals surface area contributed by atoms with Gasteiger partial charge in [-0.15, -0.1) is 0 Å². The van der Waals surface area contributed by atoms with E-state index in [-0.39, 0.29) is 5.91 Å². The Kier molecular flexibility index (Phi) is 5.02. The Bertz CT molecular complexity index is 758. The van der Waals surface area contributed by atoms with E-state index in [9.17, 15) is 4.79 Å². The van der Waals surface area contributed by atoms with E-state index in [2.05, 4.69) is 14.9 Å². The number of rotatable bonds is 4. The maximum Gasteiger partial charge on any atom is 0.257 e. The molecule has 2 aromatic rings. The summed E-state index contributed by atoms with van der Waals surface area (Å²) in [7, 11) is 3.11. The number of carbonyl (C=O) groups is 1. The number of ether oxygens (including phenoxy) is 2. The van der Waals surface area contributed by atoms with Crippen LogP contribution in [-0.4, -0.2) is 61.2 Å². The molecule has 1 aromatic heterocycles. The number of methoxy groups -OCH3 is 2. The fourth-order valence-corrected chi connectivity index (χ4v) is 2.98. The number of anilines is 1. The summed E-state index contributed by atoms with van der Waals surface area (Å²) in [4.78, 5) is 25.3. The number of hydrogen-bond acceptors (Lipinski definition) is 6. The summed E-state index contributed by atoms with van der Waals surface area (Å²) in [6, 6.07) is 7.31. The van der Waals surface area contributed by atoms with E-state index in [4.69, 9.17) is 9.47 Å². The molecular weight excluding hydrogens is 320 g/mol. The molecule has 3 rings (SSSR count). The second kappa shape index (κ2) is 7.38. The zero-order chi connectivity index (χ0) is 17.8. The van der Waals surface area contributed by atoms with Crippen molar-refractivity contribution < 1.29 is 14.3 Å². The Hall–Kier alpha value is -2.83. The van der Waals surface area contributed by atoms with Crippen LogP contribution in [0.5, 0.6) is 11.5 Å². The first kappa shape index (κ1) is 17.0. The maximum atomic E-state index is 12.9. The number of nitrogens with zero attached hydrogens (tertiary/aromatic N) is 4. The second-order valence-electron chi connectivity index (χ2n) is 5.84. The van der Waals surface area contributed by atoms with E-state index in [1.54, 1.807) is 38.7 Å². The second-order valence-corrected chi connectivity index (χ2v) is 5.84. The third kappa shape index (κ3) is 3.50. The van der Waals surface area contributed by atoms with E-state index in [0.717, 1.165) is 24.6 Å². The average molecular weight is 342 g/mol. The first-order valence-corrected chi connectivity index (χ1v) is 8.18. The van der Waals surface area contributed by atoms with Crippen LogP contribution in [-0.2, 0) is 0 Å². The largest absolute Gasteiger partial charge is 0.493 e. The number of benzene rings is 1. The number of para-hydroxylation sites is 1. The number of amides is 1. The van der Waals surface area contributed by atoms with Crippen LogP contribution < -0.4 is 14.4 Å². The standard InChI is InChI=1S/C18H22N4O3/c1-13-11-16(20-12-19-13)21-7-9-22(10-8-21)18(23)14-5-4-6-15(24-2)17(14)25-3/h4-6,11-12H,7-10H2,1-3H3. The highest BCUT2D eigenvalue weighted by Gasteiger charge is 2.26. The predicted molar refractivity (Wildman–Crippen MR) is 94.4 cm³/mol. The molecule has 2 heterocycles. The number of piperazine rings is 1. The van der Waals surface area contributed by atoms with E-state index < -0.39 is 0 Å². The quantitative estimate of drug-likeness (QED) is 0.843. The minimum Gasteiger partial charge on any atom is -0.493 e. The molecule has 25 heavy (non-hydrogen) atoms. The van der Waals surface area contributed by atoms with Crippen LogP contribution in [0.25, 0.3) is 0 Å². The minimum absolute atomic E-state index is 0.0470. The fourth-order valence-electron chi connectivity index (χ4n) is 2.98. The molecule has 0 aliphatic carbocycles. The summed E-state index contributed by atoms with van der Waals surface area (Å²) < 4.78 is 10.7. The molecule has 1 aromatic carbocycles. The zero-order valence-electron chi connectivity index (χ0n) is 14.7. The summed E-state index contributed by atoms with van der Waals surface area (Å²) >= 11 is 0. The Morgan fingerprint density at radius 3 is 2.48 bits per heavy atom. The van der Waals surface area contributed by atoms with Crippen molar-refractivity contribution in [1.29, 1.82) is 0 Å². The summed E-state index contributed by atoms with van der Waals surface area (Å²) in [5.41, 5.74) is 1.46. The lowest BCUT2D eigenvalue weighted by atomic mass is 10.1. The van der Waals surface area contributed by atoms with E-state index >= 15 is 0 Å². The molecular formula is C18H22N4O3. The SMILES string of the molecule is COc1cccc(C(=O)N2CCN(c3cc(C)ncn3)CC2)c1OC. The molecule has 0 spiro atoms. The molecule has 1 saturated heterocycles. The van der Waals surface area contributed by atoms with Crippen molar-refractivity contribution in [2.24, 2.45) is 0 Å². The molecule has 1 aliphatic rings. The van der Waals surface area contributed by atoms with Gasteiger partial charge in [0.25, 0.3) is 5.91 Å². The normalized spacial score (nSPS) is 14.4. The average Bonchev–Trinajstić information content (AvgIpc) is 2.66. The van der Waals surface area contributed by atoms with E-state index in [0.29, 0.717) is 30.2 Å². The van der Waals surface area contributed by atoms with Crippen LogP contribution in [0.2, 0.25) is 0 Å². The van der Waals surface area contributed by atoms with Crippen LogP contribution in [0.15, 0.2) is 30.6 Å². The Morgan fingerprint density at radius 1 is 1.08 bits per heavy atom. The van der Waals surface area contributed by atoms with Gasteiger partial charge in [0.1, 0.15) is 12.1 Å². The van der Waals surface area contributed by atoms with Crippen LogP contribution in [0.4, 0.5) is 5.82 Å². The summed E-state index contributed by atoms with van der Waals surface area (Å²) in [5, 5.41) is 0. The zero-order valence-corrected chi connectivity index (χ0v) is 14.7. The minimum atomic E-state index is -0.0470. The van der Waals surface area contributed by atoms with Crippen molar-refractivity contribution >= 4 is 11.7 Å². The van der Waals surface area contributed by atoms with Gasteiger partial charge in [-0.25, -0.2) is 9.97 Å². The van der Waals surface area contributed by atoms with Crippen LogP contribution >= 0.6 is 0 Å². The molecule has 0 bridgehead atoms. The predicted octanol–water partition coefficient (Wildman–Crippen LogP) is 1.76. The Morgan fingerprint density at radius 2 is 1.84 bits per heavy atom. The summed E-state index contributed by atoms with van der Waals surface area (Å²) in [6.45, 7) is 4.66. The van der Waals surface area contributed by atoms with E-state index in [1.165, 1.54) is 0 Å². The van der Waals surface area contributed by atoms with Gasteiger partial charge >= 0.3 is 0 Å². The van der Waals surface area contributed by atoms with E-state index in [1.807, 2.05) is 17.9 Å². The van der Waals surface area contributed by atoms with Crippen molar-refractivity contribution in [3.63, 3.8) is 0 Å². The molecule has 1 aliphatic heterocycles. The van der Waals surface area contributed by atoms with Gasteiger partial charge in [-0.3, -0.25) is 4.79 Å². The number of carbonyl (C=O) groups excluding carboxylic acids is 1. The lowest BCUT2D eigenvalue weighted by molar-refractivity contribution is 0.0742. The Balaban J connectivity index is 1.72. The molecule has 0 atom stereocenters. The van der Waals surface area contributed by atoms with Crippen molar-refractivity contribution in [3.05, 3.63) is 41.9 Å². The van der Waals surface area contributed by atoms with Crippen molar-refractivity contribution in [2.75, 3.05) is 45.3 Å². The highest BCUT2D eigenvalue weighted by Crippen LogP contribution is 2.31. The molecule has 132 valence electrons. The fraction of sp³-hybridized carbons (Fsp3) is 0.389. The number of aromatic nitrogens is 2. The van der Waals surface area contributed by atoms with Gasteiger partial charge in [-0.2, -0.15) is 0 Å². The number of hydrogen-bond donors (Lipinski definition) is 0. The van der Waals surface area contributed by atoms with Gasteiger partial charge in [0.2, 0.25) is 0 Å². The molecule has 0 saturated carbocycles. The van der Waals surface area contributed by atoms with Crippen molar-refractivity contribution in [1.82, 2.24) is 14.9 Å². The van der Waals surface area contributed by atoms with Crippen LogP contribution in [0.3, 0.4) is 0 Å². The van der Waals surface area contributed by atoms with Gasteiger partial charge in [0.15, 0.2) is 11.5 Å². The van der Waals surface area contributed by atoms with Crippen LogP contribution in [0.1, 0.15) is 16.1 Å². The summed E-state index contributed by atoms with van der Waals surface area (Å²) in [6.07, 6.45) is 1.57. The maximum absolute atomic E-state index is 12.9. The molecule has 0 unspecified atom stereocenters. The van der Waals surface area contributed by atoms with Crippen molar-refractivity contribution in [3.8, 4) is 11.5 Å². The van der Waals surface area contributed by atoms with Gasteiger partial charge in [-0.1, -0.05) is 6.07 Å². The molecule has 7 heteroatoms. The molecule has 7 nitrogen and oxygen atoms in total. The topological polar surface area (TPSA) is 67.8 Å². The first-order chi connectivity index (χ1) is 12.1. The number of aryl methyl sites for hydroxylation is 1.